The van der Waals surface area contributed by atoms with Crippen LogP contribution in [0.4, 0.5) is 0 Å². The van der Waals surface area contributed by atoms with Crippen molar-refractivity contribution in [3.05, 3.63) is 40.8 Å². The van der Waals surface area contributed by atoms with Crippen LogP contribution in [0.15, 0.2) is 18.2 Å². The molecule has 0 aromatic heterocycles. The molecule has 0 spiro atoms. The van der Waals surface area contributed by atoms with Crippen LogP contribution >= 0.6 is 0 Å². The molecule has 0 N–H and O–H groups in total. The molecule has 0 heterocycles. The Morgan fingerprint density at radius 1 is 1.05 bits per heavy atom. The topological polar surface area (TPSA) is 100 Å². The summed E-state index contributed by atoms with van der Waals surface area (Å²) in [6, 6.07) is 7.77. The van der Waals surface area contributed by atoms with Crippen molar-refractivity contribution in [3.8, 4) is 12.1 Å². The average molecular weight is 324 g/mol. The van der Waals surface area contributed by atoms with Gasteiger partial charge in [-0.25, -0.2) is 0 Å². The number of benzene rings is 1. The molecular weight excluding hydrogens is 311 g/mol. The van der Waals surface area contributed by atoms with Gasteiger partial charge in [0.25, 0.3) is 11.9 Å². The SMILES string of the molecule is CCOC(=O)[C-](C(=O)OCC)c1ccc(C#N)c(C#N)c1.[K+]. The van der Waals surface area contributed by atoms with E-state index in [0.29, 0.717) is 0 Å². The van der Waals surface area contributed by atoms with Crippen molar-refractivity contribution in [3.63, 3.8) is 0 Å². The Bertz CT molecular complexity index is 613. The molecule has 0 unspecified atom stereocenters. The molecule has 22 heavy (non-hydrogen) atoms. The zero-order chi connectivity index (χ0) is 15.8. The van der Waals surface area contributed by atoms with E-state index in [1.54, 1.807) is 13.8 Å². The second kappa shape index (κ2) is 10.4. The molecule has 1 aromatic carbocycles. The fraction of sp³-hybridized carbons (Fsp3) is 0.267. The smallest absolute Gasteiger partial charge is 0.471 e. The fourth-order valence-corrected chi connectivity index (χ4v) is 1.62. The maximum atomic E-state index is 11.9. The third kappa shape index (κ3) is 5.13. The fourth-order valence-electron chi connectivity index (χ4n) is 1.62. The number of esters is 2. The summed E-state index contributed by atoms with van der Waals surface area (Å²) in [5, 5.41) is 17.9. The third-order valence-corrected chi connectivity index (χ3v) is 2.51. The number of nitriles is 2. The van der Waals surface area contributed by atoms with E-state index in [9.17, 15) is 9.59 Å². The van der Waals surface area contributed by atoms with Crippen LogP contribution in [0.5, 0.6) is 0 Å². The summed E-state index contributed by atoms with van der Waals surface area (Å²) in [6.07, 6.45) is 0. The van der Waals surface area contributed by atoms with Crippen molar-refractivity contribution in [2.24, 2.45) is 0 Å². The molecule has 1 aromatic rings. The molecule has 6 nitrogen and oxygen atoms in total. The monoisotopic (exact) mass is 324 g/mol. The van der Waals surface area contributed by atoms with Crippen LogP contribution in [0.1, 0.15) is 30.5 Å². The maximum absolute atomic E-state index is 11.9. The van der Waals surface area contributed by atoms with Crippen LogP contribution in [0, 0.1) is 28.6 Å². The molecule has 0 atom stereocenters. The van der Waals surface area contributed by atoms with E-state index in [2.05, 4.69) is 0 Å². The molecule has 0 bridgehead atoms. The Labute approximate surface area is 171 Å². The summed E-state index contributed by atoms with van der Waals surface area (Å²) in [5.74, 6) is -1.95. The van der Waals surface area contributed by atoms with Crippen LogP contribution in [0.2, 0.25) is 0 Å². The normalized spacial score (nSPS) is 8.73. The Balaban J connectivity index is 0.00000441. The molecule has 0 saturated carbocycles. The number of hydrogen-bond acceptors (Lipinski definition) is 6. The van der Waals surface area contributed by atoms with Gasteiger partial charge in [0.2, 0.25) is 0 Å². The molecule has 0 saturated heterocycles. The van der Waals surface area contributed by atoms with Gasteiger partial charge in [-0.05, 0) is 13.8 Å². The molecule has 0 aliphatic carbocycles. The number of carbonyl (C=O) groups excluding carboxylic acids is 2. The van der Waals surface area contributed by atoms with E-state index in [-0.39, 0.29) is 87.2 Å². The molecule has 0 radical (unpaired) electrons. The van der Waals surface area contributed by atoms with Gasteiger partial charge >= 0.3 is 51.4 Å². The minimum absolute atomic E-state index is 0. The van der Waals surface area contributed by atoms with Crippen molar-refractivity contribution in [2.75, 3.05) is 13.2 Å². The van der Waals surface area contributed by atoms with Gasteiger partial charge in [0, 0.05) is 17.0 Å². The molecule has 0 aliphatic heterocycles. The first kappa shape index (κ1) is 20.6. The predicted octanol–water partition coefficient (Wildman–Crippen LogP) is -1.52. The molecule has 108 valence electrons. The molecule has 0 amide bonds. The van der Waals surface area contributed by atoms with Crippen LogP contribution in [-0.2, 0) is 19.1 Å². The largest absolute Gasteiger partial charge is 1.00 e. The van der Waals surface area contributed by atoms with E-state index in [1.807, 2.05) is 12.1 Å². The molecule has 0 aliphatic rings. The van der Waals surface area contributed by atoms with Crippen molar-refractivity contribution in [1.82, 2.24) is 0 Å². The first-order valence-corrected chi connectivity index (χ1v) is 6.24. The van der Waals surface area contributed by atoms with Gasteiger partial charge in [-0.1, -0.05) is 6.07 Å². The van der Waals surface area contributed by atoms with Gasteiger partial charge < -0.3 is 9.47 Å². The van der Waals surface area contributed by atoms with Gasteiger partial charge in [-0.15, -0.1) is 6.07 Å². The van der Waals surface area contributed by atoms with Crippen LogP contribution < -0.4 is 51.4 Å². The number of carbonyl (C=O) groups is 2. The second-order valence-electron chi connectivity index (χ2n) is 3.80. The van der Waals surface area contributed by atoms with Crippen LogP contribution in [0.25, 0.3) is 0 Å². The van der Waals surface area contributed by atoms with Crippen LogP contribution in [-0.4, -0.2) is 25.2 Å². The maximum Gasteiger partial charge on any atom is 1.00 e. The Morgan fingerprint density at radius 3 is 1.95 bits per heavy atom. The minimum Gasteiger partial charge on any atom is -0.471 e. The summed E-state index contributed by atoms with van der Waals surface area (Å²) in [4.78, 5) is 23.8. The minimum atomic E-state index is -0.829. The van der Waals surface area contributed by atoms with Gasteiger partial charge in [-0.3, -0.25) is 9.59 Å². The van der Waals surface area contributed by atoms with Gasteiger partial charge in [0.15, 0.2) is 0 Å². The van der Waals surface area contributed by atoms with E-state index in [0.717, 1.165) is 0 Å². The Hall–Kier alpha value is -1.35. The average Bonchev–Trinajstić information content (AvgIpc) is 2.47. The predicted molar refractivity (Wildman–Crippen MR) is 71.5 cm³/mol. The molecular formula is C15H13KN2O4. The summed E-state index contributed by atoms with van der Waals surface area (Å²) >= 11 is 0. The van der Waals surface area contributed by atoms with Crippen molar-refractivity contribution in [1.29, 1.82) is 10.5 Å². The molecule has 7 heteroatoms. The number of hydrogen-bond donors (Lipinski definition) is 0. The number of nitrogens with zero attached hydrogens (tertiary/aromatic N) is 2. The first-order chi connectivity index (χ1) is 10.1. The third-order valence-electron chi connectivity index (χ3n) is 2.51. The van der Waals surface area contributed by atoms with E-state index in [1.165, 1.54) is 18.2 Å². The number of rotatable bonds is 5. The summed E-state index contributed by atoms with van der Waals surface area (Å²) in [5.41, 5.74) is 0.414. The number of ether oxygens (including phenoxy) is 2. The van der Waals surface area contributed by atoms with Gasteiger partial charge in [0.05, 0.1) is 25.4 Å². The summed E-state index contributed by atoms with van der Waals surface area (Å²) in [6.45, 7) is 3.42. The Kier molecular flexibility index (Phi) is 9.75. The molecule has 1 rings (SSSR count). The Morgan fingerprint density at radius 2 is 1.55 bits per heavy atom. The zero-order valence-electron chi connectivity index (χ0n) is 12.7. The zero-order valence-corrected chi connectivity index (χ0v) is 15.8. The second-order valence-corrected chi connectivity index (χ2v) is 3.80. The van der Waals surface area contributed by atoms with E-state index >= 15 is 0 Å². The van der Waals surface area contributed by atoms with E-state index in [4.69, 9.17) is 20.0 Å². The molecule has 0 fully saturated rings. The quantitative estimate of drug-likeness (QED) is 0.282. The van der Waals surface area contributed by atoms with Gasteiger partial charge in [0.1, 0.15) is 0 Å². The van der Waals surface area contributed by atoms with Crippen molar-refractivity contribution < 1.29 is 70.4 Å². The van der Waals surface area contributed by atoms with E-state index < -0.39 is 11.9 Å². The van der Waals surface area contributed by atoms with Crippen LogP contribution in [0.3, 0.4) is 0 Å². The standard InChI is InChI=1S/C15H13N2O4.K/c1-3-20-14(18)13(15(19)21-4-2)10-5-6-11(8-16)12(7-10)9-17;/h5-7H,3-4H2,1-2H3;/q-1;+1. The van der Waals surface area contributed by atoms with Crippen molar-refractivity contribution >= 4 is 11.9 Å². The van der Waals surface area contributed by atoms with Gasteiger partial charge in [-0.2, -0.15) is 22.2 Å². The summed E-state index contributed by atoms with van der Waals surface area (Å²) < 4.78 is 9.66. The summed E-state index contributed by atoms with van der Waals surface area (Å²) in [7, 11) is 0. The first-order valence-electron chi connectivity index (χ1n) is 6.24. The van der Waals surface area contributed by atoms with Crippen molar-refractivity contribution in [2.45, 2.75) is 13.8 Å².